The first-order valence-corrected chi connectivity index (χ1v) is 11.1. The van der Waals surface area contributed by atoms with E-state index >= 15 is 0 Å². The Balaban J connectivity index is 2.81. The highest BCUT2D eigenvalue weighted by atomic mass is 127. The average Bonchev–Trinajstić information content (AvgIpc) is 2.10. The smallest absolute Gasteiger partial charge is 0.235 e. The summed E-state index contributed by atoms with van der Waals surface area (Å²) in [6, 6.07) is 0. The molecule has 0 spiro atoms. The van der Waals surface area contributed by atoms with Crippen LogP contribution >= 0.6 is 45.2 Å². The van der Waals surface area contributed by atoms with Crippen LogP contribution in [0.3, 0.4) is 0 Å². The monoisotopic (exact) mass is 493 g/mol. The molecule has 1 heterocycles. The summed E-state index contributed by atoms with van der Waals surface area (Å²) in [5.41, 5.74) is 1.02. The van der Waals surface area contributed by atoms with Crippen LogP contribution in [0.15, 0.2) is 7.28 Å². The van der Waals surface area contributed by atoms with E-state index < -0.39 is 8.32 Å². The Hall–Kier alpha value is 0.847. The maximum Gasteiger partial charge on any atom is 0.235 e. The highest BCUT2D eigenvalue weighted by Gasteiger charge is 2.45. The molecular formula is C12H21I2NO2Si. The minimum atomic E-state index is -1.81. The molecule has 0 aliphatic carbocycles. The maximum atomic E-state index is 11.7. The zero-order chi connectivity index (χ0) is 14.3. The normalized spacial score (nSPS) is 22.3. The standard InChI is InChI=1S/C12H21I2NO2Si/c1-7(17-18(5,6)12(2,3)4)8-9(10(13)14)15-11(8)16/h7-8H,1-6H3,(H,15,16)/t7-,8-/m1/s1. The summed E-state index contributed by atoms with van der Waals surface area (Å²) >= 11 is 4.48. The van der Waals surface area contributed by atoms with E-state index in [2.05, 4.69) is 84.4 Å². The number of hydrogen-bond acceptors (Lipinski definition) is 2. The van der Waals surface area contributed by atoms with E-state index in [1.807, 2.05) is 6.92 Å². The molecule has 1 rings (SSSR count). The zero-order valence-electron chi connectivity index (χ0n) is 11.7. The highest BCUT2D eigenvalue weighted by Crippen LogP contribution is 2.40. The molecule has 18 heavy (non-hydrogen) atoms. The van der Waals surface area contributed by atoms with E-state index in [1.54, 1.807) is 0 Å². The first kappa shape index (κ1) is 16.9. The minimum Gasteiger partial charge on any atom is -0.413 e. The lowest BCUT2D eigenvalue weighted by Gasteiger charge is -2.42. The van der Waals surface area contributed by atoms with Gasteiger partial charge in [-0.1, -0.05) is 20.8 Å². The molecule has 104 valence electrons. The second-order valence-electron chi connectivity index (χ2n) is 6.22. The van der Waals surface area contributed by atoms with Crippen LogP contribution in [-0.2, 0) is 9.22 Å². The molecule has 3 nitrogen and oxygen atoms in total. The molecule has 1 fully saturated rings. The van der Waals surface area contributed by atoms with Gasteiger partial charge in [-0.05, 0) is 70.2 Å². The molecule has 2 atom stereocenters. The number of amides is 1. The summed E-state index contributed by atoms with van der Waals surface area (Å²) in [6.45, 7) is 13.1. The van der Waals surface area contributed by atoms with Crippen molar-refractivity contribution in [1.82, 2.24) is 5.32 Å². The van der Waals surface area contributed by atoms with Crippen molar-refractivity contribution in [1.29, 1.82) is 0 Å². The molecule has 1 aliphatic heterocycles. The summed E-state index contributed by atoms with van der Waals surface area (Å²) in [5.74, 6) is -0.0232. The fraction of sp³-hybridized carbons (Fsp3) is 0.750. The summed E-state index contributed by atoms with van der Waals surface area (Å²) in [6.07, 6.45) is -0.0471. The molecule has 0 aromatic carbocycles. The van der Waals surface area contributed by atoms with Gasteiger partial charge in [0.05, 0.1) is 13.4 Å². The Morgan fingerprint density at radius 1 is 1.39 bits per heavy atom. The lowest BCUT2D eigenvalue weighted by atomic mass is 9.92. The van der Waals surface area contributed by atoms with Crippen LogP contribution in [0.1, 0.15) is 27.7 Å². The van der Waals surface area contributed by atoms with E-state index in [0.717, 1.165) is 7.28 Å². The Morgan fingerprint density at radius 2 is 1.89 bits per heavy atom. The lowest BCUT2D eigenvalue weighted by Crippen LogP contribution is -2.55. The number of carbonyl (C=O) groups excluding carboxylic acids is 1. The molecule has 0 aromatic heterocycles. The van der Waals surface area contributed by atoms with Crippen molar-refractivity contribution in [3.05, 3.63) is 7.28 Å². The molecule has 0 saturated carbocycles. The van der Waals surface area contributed by atoms with Crippen LogP contribution in [-0.4, -0.2) is 20.3 Å². The van der Waals surface area contributed by atoms with Crippen molar-refractivity contribution in [3.63, 3.8) is 0 Å². The van der Waals surface area contributed by atoms with Gasteiger partial charge in [-0.25, -0.2) is 0 Å². The molecular weight excluding hydrogens is 472 g/mol. The molecule has 1 saturated heterocycles. The first-order valence-electron chi connectivity index (χ1n) is 6.01. The van der Waals surface area contributed by atoms with Gasteiger partial charge in [0.1, 0.15) is 5.92 Å². The van der Waals surface area contributed by atoms with Gasteiger partial charge in [-0.2, -0.15) is 0 Å². The minimum absolute atomic E-state index is 0.0471. The molecule has 6 heteroatoms. The van der Waals surface area contributed by atoms with E-state index in [4.69, 9.17) is 4.43 Å². The van der Waals surface area contributed by atoms with Gasteiger partial charge < -0.3 is 9.74 Å². The van der Waals surface area contributed by atoms with Crippen LogP contribution in [0.2, 0.25) is 18.1 Å². The zero-order valence-corrected chi connectivity index (χ0v) is 17.0. The maximum absolute atomic E-state index is 11.7. The molecule has 0 bridgehead atoms. The van der Waals surface area contributed by atoms with E-state index in [1.165, 1.54) is 0 Å². The quantitative estimate of drug-likeness (QED) is 0.364. The van der Waals surface area contributed by atoms with Crippen LogP contribution in [0.4, 0.5) is 0 Å². The van der Waals surface area contributed by atoms with Crippen LogP contribution in [0.5, 0.6) is 0 Å². The second kappa shape index (κ2) is 5.69. The number of rotatable bonds is 3. The average molecular weight is 493 g/mol. The summed E-state index contributed by atoms with van der Waals surface area (Å²) in [5, 5.41) is 3.03. The van der Waals surface area contributed by atoms with E-state index in [-0.39, 0.29) is 23.0 Å². The fourth-order valence-corrected chi connectivity index (χ4v) is 4.02. The number of β-lactam (4-membered cyclic amide) rings is 1. The Kier molecular flexibility index (Phi) is 5.34. The topological polar surface area (TPSA) is 38.3 Å². The van der Waals surface area contributed by atoms with Gasteiger partial charge in [-0.15, -0.1) is 0 Å². The fourth-order valence-electron chi connectivity index (χ4n) is 1.66. The summed E-state index contributed by atoms with van der Waals surface area (Å²) in [7, 11) is -1.81. The number of hydrogen-bond donors (Lipinski definition) is 1. The summed E-state index contributed by atoms with van der Waals surface area (Å²) < 4.78 is 7.41. The third-order valence-electron chi connectivity index (χ3n) is 3.81. The SMILES string of the molecule is C[C@@H](O[Si](C)(C)C(C)(C)C)[C@H]1C(=O)NC1=C(I)I. The third-order valence-corrected chi connectivity index (χ3v) is 9.55. The van der Waals surface area contributed by atoms with Gasteiger partial charge >= 0.3 is 0 Å². The van der Waals surface area contributed by atoms with Crippen LogP contribution in [0, 0.1) is 5.92 Å². The second-order valence-corrected chi connectivity index (χ2v) is 15.2. The summed E-state index contributed by atoms with van der Waals surface area (Å²) in [4.78, 5) is 11.7. The number of halogens is 2. The lowest BCUT2D eigenvalue weighted by molar-refractivity contribution is -0.131. The Morgan fingerprint density at radius 3 is 2.22 bits per heavy atom. The van der Waals surface area contributed by atoms with Crippen LogP contribution in [0.25, 0.3) is 0 Å². The molecule has 0 aromatic rings. The molecule has 1 amide bonds. The Bertz CT molecular complexity index is 384. The molecule has 1 N–H and O–H groups in total. The van der Waals surface area contributed by atoms with Gasteiger partial charge in [-0.3, -0.25) is 4.79 Å². The van der Waals surface area contributed by atoms with Crippen molar-refractivity contribution < 1.29 is 9.22 Å². The van der Waals surface area contributed by atoms with Crippen molar-refractivity contribution in [2.75, 3.05) is 0 Å². The van der Waals surface area contributed by atoms with Gasteiger partial charge in [0.15, 0.2) is 8.32 Å². The first-order chi connectivity index (χ1) is 7.97. The largest absolute Gasteiger partial charge is 0.413 e. The molecule has 0 radical (unpaired) electrons. The van der Waals surface area contributed by atoms with Gasteiger partial charge in [0, 0.05) is 0 Å². The van der Waals surface area contributed by atoms with Crippen molar-refractivity contribution in [2.24, 2.45) is 5.92 Å². The predicted octanol–water partition coefficient (Wildman–Crippen LogP) is 4.18. The van der Waals surface area contributed by atoms with Crippen molar-refractivity contribution in [2.45, 2.75) is 51.9 Å². The van der Waals surface area contributed by atoms with E-state index in [9.17, 15) is 4.79 Å². The predicted molar refractivity (Wildman–Crippen MR) is 94.4 cm³/mol. The number of nitrogens with one attached hydrogen (secondary N) is 1. The van der Waals surface area contributed by atoms with Crippen molar-refractivity contribution in [3.8, 4) is 0 Å². The van der Waals surface area contributed by atoms with Gasteiger partial charge in [0.2, 0.25) is 5.91 Å². The Labute approximate surface area is 138 Å². The third kappa shape index (κ3) is 3.48. The van der Waals surface area contributed by atoms with Crippen LogP contribution < -0.4 is 5.32 Å². The molecule has 0 unspecified atom stereocenters. The van der Waals surface area contributed by atoms with Gasteiger partial charge in [0.25, 0.3) is 0 Å². The number of carbonyl (C=O) groups is 1. The van der Waals surface area contributed by atoms with E-state index in [0.29, 0.717) is 0 Å². The van der Waals surface area contributed by atoms with Crippen molar-refractivity contribution >= 4 is 59.4 Å². The molecule has 1 aliphatic rings. The highest BCUT2D eigenvalue weighted by molar-refractivity contribution is 14.2.